The van der Waals surface area contributed by atoms with Gasteiger partial charge in [0.2, 0.25) is 5.91 Å². The van der Waals surface area contributed by atoms with Crippen LogP contribution in [0.15, 0.2) is 48.5 Å². The Hall–Kier alpha value is -2.35. The SMILES string of the molecule is CC1c2[nH]c3ccccc3c2C(c2ccccc2Cl)CN1CC(=O)N(C)C1CCS(=O)(=O)C1. The lowest BCUT2D eigenvalue weighted by Gasteiger charge is -2.39. The number of rotatable bonds is 4. The van der Waals surface area contributed by atoms with Gasteiger partial charge in [0.1, 0.15) is 0 Å². The smallest absolute Gasteiger partial charge is 0.236 e. The van der Waals surface area contributed by atoms with E-state index in [9.17, 15) is 13.2 Å². The van der Waals surface area contributed by atoms with Crippen molar-refractivity contribution in [2.75, 3.05) is 31.6 Å². The topological polar surface area (TPSA) is 73.5 Å². The molecule has 0 radical (unpaired) electrons. The Morgan fingerprint density at radius 2 is 1.91 bits per heavy atom. The lowest BCUT2D eigenvalue weighted by molar-refractivity contribution is -0.133. The zero-order valence-electron chi connectivity index (χ0n) is 18.8. The molecule has 3 atom stereocenters. The van der Waals surface area contributed by atoms with Gasteiger partial charge >= 0.3 is 0 Å². The van der Waals surface area contributed by atoms with E-state index < -0.39 is 9.84 Å². The average molecular weight is 486 g/mol. The van der Waals surface area contributed by atoms with Crippen molar-refractivity contribution in [1.29, 1.82) is 0 Å². The monoisotopic (exact) mass is 485 g/mol. The minimum Gasteiger partial charge on any atom is -0.357 e. The molecule has 5 rings (SSSR count). The van der Waals surface area contributed by atoms with E-state index in [2.05, 4.69) is 35.0 Å². The maximum atomic E-state index is 13.2. The van der Waals surface area contributed by atoms with Crippen molar-refractivity contribution >= 4 is 38.2 Å². The zero-order valence-corrected chi connectivity index (χ0v) is 20.4. The van der Waals surface area contributed by atoms with Crippen LogP contribution in [0.4, 0.5) is 0 Å². The van der Waals surface area contributed by atoms with Crippen LogP contribution in [0.1, 0.15) is 42.1 Å². The highest BCUT2D eigenvalue weighted by Crippen LogP contribution is 2.44. The molecule has 0 bridgehead atoms. The number of H-pyrrole nitrogens is 1. The van der Waals surface area contributed by atoms with Crippen LogP contribution in [0, 0.1) is 0 Å². The average Bonchev–Trinajstić information content (AvgIpc) is 3.36. The Labute approximate surface area is 199 Å². The van der Waals surface area contributed by atoms with E-state index in [0.717, 1.165) is 16.8 Å². The van der Waals surface area contributed by atoms with E-state index in [4.69, 9.17) is 11.6 Å². The summed E-state index contributed by atoms with van der Waals surface area (Å²) in [6.45, 7) is 3.00. The molecule has 2 aromatic carbocycles. The maximum Gasteiger partial charge on any atom is 0.236 e. The minimum absolute atomic E-state index is 0.01000. The molecule has 0 spiro atoms. The van der Waals surface area contributed by atoms with E-state index in [-0.39, 0.29) is 42.0 Å². The number of amides is 1. The number of likely N-dealkylation sites (N-methyl/N-ethyl adjacent to an activating group) is 1. The molecule has 33 heavy (non-hydrogen) atoms. The second kappa shape index (κ2) is 8.46. The first-order valence-electron chi connectivity index (χ1n) is 11.3. The van der Waals surface area contributed by atoms with Crippen molar-refractivity contribution in [2.45, 2.75) is 31.3 Å². The van der Waals surface area contributed by atoms with Crippen molar-refractivity contribution < 1.29 is 13.2 Å². The van der Waals surface area contributed by atoms with Gasteiger partial charge in [0, 0.05) is 53.2 Å². The Balaban J connectivity index is 1.49. The van der Waals surface area contributed by atoms with E-state index in [0.29, 0.717) is 18.0 Å². The third-order valence-electron chi connectivity index (χ3n) is 7.28. The first kappa shape index (κ1) is 22.4. The molecule has 174 valence electrons. The zero-order chi connectivity index (χ0) is 23.3. The summed E-state index contributed by atoms with van der Waals surface area (Å²) in [6, 6.07) is 15.9. The summed E-state index contributed by atoms with van der Waals surface area (Å²) >= 11 is 6.63. The van der Waals surface area contributed by atoms with E-state index in [1.807, 2.05) is 30.3 Å². The number of fused-ring (bicyclic) bond motifs is 3. The molecule has 1 N–H and O–H groups in total. The number of benzene rings is 2. The molecule has 1 amide bonds. The van der Waals surface area contributed by atoms with Gasteiger partial charge in [-0.1, -0.05) is 48.0 Å². The third kappa shape index (κ3) is 4.07. The van der Waals surface area contributed by atoms with E-state index in [1.54, 1.807) is 11.9 Å². The molecule has 6 nitrogen and oxygen atoms in total. The minimum atomic E-state index is -3.05. The highest BCUT2D eigenvalue weighted by atomic mass is 35.5. The van der Waals surface area contributed by atoms with E-state index in [1.165, 1.54) is 10.9 Å². The van der Waals surface area contributed by atoms with Crippen LogP contribution in [0.25, 0.3) is 10.9 Å². The lowest BCUT2D eigenvalue weighted by Crippen LogP contribution is -2.47. The van der Waals surface area contributed by atoms with Crippen LogP contribution < -0.4 is 0 Å². The van der Waals surface area contributed by atoms with Gasteiger partial charge in [-0.2, -0.15) is 0 Å². The molecule has 0 saturated carbocycles. The number of halogens is 1. The quantitative estimate of drug-likeness (QED) is 0.606. The van der Waals surface area contributed by atoms with Crippen LogP contribution in [-0.4, -0.2) is 66.8 Å². The van der Waals surface area contributed by atoms with Gasteiger partial charge in [-0.05, 0) is 36.6 Å². The van der Waals surface area contributed by atoms with Crippen LogP contribution in [-0.2, 0) is 14.6 Å². The fourth-order valence-corrected chi connectivity index (χ4v) is 7.38. The number of hydrogen-bond donors (Lipinski definition) is 1. The number of carbonyl (C=O) groups is 1. The number of nitrogens with one attached hydrogen (secondary N) is 1. The van der Waals surface area contributed by atoms with Gasteiger partial charge in [0.15, 0.2) is 9.84 Å². The summed E-state index contributed by atoms with van der Waals surface area (Å²) in [7, 11) is -1.32. The maximum absolute atomic E-state index is 13.2. The number of para-hydroxylation sites is 1. The summed E-state index contributed by atoms with van der Waals surface area (Å²) in [5, 5.41) is 1.90. The molecule has 1 aromatic heterocycles. The van der Waals surface area contributed by atoms with Gasteiger partial charge in [-0.15, -0.1) is 0 Å². The van der Waals surface area contributed by atoms with Gasteiger partial charge in [-0.25, -0.2) is 8.42 Å². The Kier molecular flexibility index (Phi) is 5.75. The van der Waals surface area contributed by atoms with Gasteiger partial charge < -0.3 is 9.88 Å². The molecule has 2 aliphatic heterocycles. The largest absolute Gasteiger partial charge is 0.357 e. The standard InChI is InChI=1S/C25H28ClN3O3S/c1-16-25-24(19-8-4-6-10-22(19)27-25)20(18-7-3-5-9-21(18)26)13-29(16)14-23(30)28(2)17-11-12-33(31,32)15-17/h3-10,16-17,20,27H,11-15H2,1-2H3. The number of sulfone groups is 1. The Morgan fingerprint density at radius 3 is 2.64 bits per heavy atom. The molecule has 1 fully saturated rings. The second-order valence-electron chi connectivity index (χ2n) is 9.24. The Morgan fingerprint density at radius 1 is 1.18 bits per heavy atom. The van der Waals surface area contributed by atoms with Crippen LogP contribution in [0.5, 0.6) is 0 Å². The number of aromatic nitrogens is 1. The molecule has 2 aliphatic rings. The molecule has 1 saturated heterocycles. The highest BCUT2D eigenvalue weighted by molar-refractivity contribution is 7.91. The summed E-state index contributed by atoms with van der Waals surface area (Å²) in [4.78, 5) is 20.6. The molecular weight excluding hydrogens is 458 g/mol. The van der Waals surface area contributed by atoms with Gasteiger partial charge in [-0.3, -0.25) is 9.69 Å². The fourth-order valence-electron chi connectivity index (χ4n) is 5.34. The molecule has 0 aliphatic carbocycles. The normalized spacial score (nSPS) is 24.6. The molecule has 8 heteroatoms. The molecule has 3 heterocycles. The number of carbonyl (C=O) groups excluding carboxylic acids is 1. The highest BCUT2D eigenvalue weighted by Gasteiger charge is 2.38. The fraction of sp³-hybridized carbons (Fsp3) is 0.400. The first-order valence-corrected chi connectivity index (χ1v) is 13.5. The van der Waals surface area contributed by atoms with E-state index >= 15 is 0 Å². The summed E-state index contributed by atoms with van der Waals surface area (Å²) in [5.41, 5.74) is 4.47. The first-order chi connectivity index (χ1) is 15.7. The van der Waals surface area contributed by atoms with Gasteiger partial charge in [0.05, 0.1) is 18.1 Å². The van der Waals surface area contributed by atoms with Crippen LogP contribution >= 0.6 is 11.6 Å². The molecule has 3 unspecified atom stereocenters. The van der Waals surface area contributed by atoms with Crippen molar-refractivity contribution in [1.82, 2.24) is 14.8 Å². The second-order valence-corrected chi connectivity index (χ2v) is 11.9. The van der Waals surface area contributed by atoms with Gasteiger partial charge in [0.25, 0.3) is 0 Å². The van der Waals surface area contributed by atoms with Crippen molar-refractivity contribution in [3.63, 3.8) is 0 Å². The van der Waals surface area contributed by atoms with Crippen LogP contribution in [0.3, 0.4) is 0 Å². The third-order valence-corrected chi connectivity index (χ3v) is 9.37. The number of hydrogen-bond acceptors (Lipinski definition) is 4. The summed E-state index contributed by atoms with van der Waals surface area (Å²) in [6.07, 6.45) is 0.508. The predicted molar refractivity (Wildman–Crippen MR) is 131 cm³/mol. The summed E-state index contributed by atoms with van der Waals surface area (Å²) in [5.74, 6) is 0.175. The van der Waals surface area contributed by atoms with Crippen LogP contribution in [0.2, 0.25) is 5.02 Å². The Bertz CT molecular complexity index is 1320. The van der Waals surface area contributed by atoms with Crippen molar-refractivity contribution in [2.24, 2.45) is 0 Å². The lowest BCUT2D eigenvalue weighted by atomic mass is 9.83. The number of aromatic amines is 1. The van der Waals surface area contributed by atoms with Crippen molar-refractivity contribution in [3.05, 3.63) is 70.4 Å². The number of nitrogens with zero attached hydrogens (tertiary/aromatic N) is 2. The predicted octanol–water partition coefficient (Wildman–Crippen LogP) is 3.98. The molecular formula is C25H28ClN3O3S. The van der Waals surface area contributed by atoms with Crippen molar-refractivity contribution in [3.8, 4) is 0 Å². The summed E-state index contributed by atoms with van der Waals surface area (Å²) < 4.78 is 23.8. The molecule has 3 aromatic rings.